The first-order valence-corrected chi connectivity index (χ1v) is 8.46. The van der Waals surface area contributed by atoms with Gasteiger partial charge in [-0.2, -0.15) is 13.2 Å². The van der Waals surface area contributed by atoms with Crippen molar-refractivity contribution in [1.29, 1.82) is 0 Å². The third-order valence-corrected chi connectivity index (χ3v) is 4.19. The van der Waals surface area contributed by atoms with Crippen LogP contribution in [0.25, 0.3) is 0 Å². The quantitative estimate of drug-likeness (QED) is 0.596. The Morgan fingerprint density at radius 3 is 2.22 bits per heavy atom. The highest BCUT2D eigenvalue weighted by Crippen LogP contribution is 2.29. The average molecular weight is 373 g/mol. The van der Waals surface area contributed by atoms with Crippen LogP contribution in [0.1, 0.15) is 27.2 Å². The molecule has 0 aliphatic rings. The van der Waals surface area contributed by atoms with Crippen LogP contribution < -0.4 is 0 Å². The maximum atomic E-state index is 12.9. The molecule has 0 aliphatic heterocycles. The normalized spacial score (nSPS) is 11.4. The van der Waals surface area contributed by atoms with E-state index in [-0.39, 0.29) is 18.0 Å². The molecule has 0 fully saturated rings. The summed E-state index contributed by atoms with van der Waals surface area (Å²) in [5, 5.41) is 0. The SMILES string of the molecule is O=C(c1ccc(C(F)(F)F)cc1)N(CCc1ccccc1)Cc1ccco1. The number of hydrogen-bond acceptors (Lipinski definition) is 2. The molecule has 3 rings (SSSR count). The summed E-state index contributed by atoms with van der Waals surface area (Å²) in [6.07, 6.45) is -2.27. The lowest BCUT2D eigenvalue weighted by molar-refractivity contribution is -0.137. The van der Waals surface area contributed by atoms with Crippen LogP contribution in [0.4, 0.5) is 13.2 Å². The van der Waals surface area contributed by atoms with Crippen molar-refractivity contribution >= 4 is 5.91 Å². The second-order valence-corrected chi connectivity index (χ2v) is 6.12. The predicted molar refractivity (Wildman–Crippen MR) is 95.0 cm³/mol. The van der Waals surface area contributed by atoms with Crippen LogP contribution in [0.15, 0.2) is 77.4 Å². The average Bonchev–Trinajstić information content (AvgIpc) is 3.18. The molecule has 0 unspecified atom stereocenters. The monoisotopic (exact) mass is 373 g/mol. The lowest BCUT2D eigenvalue weighted by atomic mass is 10.1. The van der Waals surface area contributed by atoms with Crippen LogP contribution in [0.2, 0.25) is 0 Å². The maximum Gasteiger partial charge on any atom is 0.416 e. The minimum Gasteiger partial charge on any atom is -0.467 e. The Labute approximate surface area is 155 Å². The molecule has 0 spiro atoms. The van der Waals surface area contributed by atoms with Gasteiger partial charge in [0.25, 0.3) is 5.91 Å². The largest absolute Gasteiger partial charge is 0.467 e. The summed E-state index contributed by atoms with van der Waals surface area (Å²) in [5.74, 6) is 0.277. The molecule has 140 valence electrons. The van der Waals surface area contributed by atoms with E-state index in [9.17, 15) is 18.0 Å². The zero-order valence-corrected chi connectivity index (χ0v) is 14.4. The van der Waals surface area contributed by atoms with Crippen molar-refractivity contribution < 1.29 is 22.4 Å². The van der Waals surface area contributed by atoms with E-state index < -0.39 is 11.7 Å². The molecule has 27 heavy (non-hydrogen) atoms. The standard InChI is InChI=1S/C21H18F3NO2/c22-21(23,24)18-10-8-17(9-11-18)20(26)25(15-19-7-4-14-27-19)13-12-16-5-2-1-3-6-16/h1-11,14H,12-13,15H2. The lowest BCUT2D eigenvalue weighted by Crippen LogP contribution is -2.32. The Morgan fingerprint density at radius 2 is 1.63 bits per heavy atom. The van der Waals surface area contributed by atoms with Crippen molar-refractivity contribution in [3.05, 3.63) is 95.4 Å². The summed E-state index contributed by atoms with van der Waals surface area (Å²) >= 11 is 0. The van der Waals surface area contributed by atoms with Gasteiger partial charge in [0, 0.05) is 12.1 Å². The van der Waals surface area contributed by atoms with E-state index in [1.54, 1.807) is 17.0 Å². The molecule has 6 heteroatoms. The summed E-state index contributed by atoms with van der Waals surface area (Å²) in [6.45, 7) is 0.671. The van der Waals surface area contributed by atoms with E-state index in [2.05, 4.69) is 0 Å². The van der Waals surface area contributed by atoms with Crippen molar-refractivity contribution in [3.63, 3.8) is 0 Å². The van der Waals surface area contributed by atoms with Gasteiger partial charge in [-0.05, 0) is 48.4 Å². The van der Waals surface area contributed by atoms with Crippen molar-refractivity contribution in [2.24, 2.45) is 0 Å². The maximum absolute atomic E-state index is 12.9. The number of alkyl halides is 3. The van der Waals surface area contributed by atoms with Gasteiger partial charge in [-0.15, -0.1) is 0 Å². The van der Waals surface area contributed by atoms with E-state index in [1.165, 1.54) is 18.4 Å². The number of benzene rings is 2. The first kappa shape index (κ1) is 18.8. The van der Waals surface area contributed by atoms with Gasteiger partial charge < -0.3 is 9.32 Å². The number of carbonyl (C=O) groups excluding carboxylic acids is 1. The zero-order valence-electron chi connectivity index (χ0n) is 14.4. The zero-order chi connectivity index (χ0) is 19.3. The predicted octanol–water partition coefficient (Wildman–Crippen LogP) is 5.18. The summed E-state index contributed by atoms with van der Waals surface area (Å²) < 4.78 is 43.5. The second-order valence-electron chi connectivity index (χ2n) is 6.12. The fourth-order valence-corrected chi connectivity index (χ4v) is 2.74. The molecular formula is C21H18F3NO2. The lowest BCUT2D eigenvalue weighted by Gasteiger charge is -2.22. The fourth-order valence-electron chi connectivity index (χ4n) is 2.74. The number of nitrogens with zero attached hydrogens (tertiary/aromatic N) is 1. The molecule has 3 aromatic rings. The number of amides is 1. The van der Waals surface area contributed by atoms with Crippen LogP contribution >= 0.6 is 0 Å². The second kappa shape index (κ2) is 8.12. The third-order valence-electron chi connectivity index (χ3n) is 4.19. The van der Waals surface area contributed by atoms with Crippen molar-refractivity contribution in [2.45, 2.75) is 19.1 Å². The first-order chi connectivity index (χ1) is 12.9. The van der Waals surface area contributed by atoms with Crippen molar-refractivity contribution in [1.82, 2.24) is 4.90 Å². The Hall–Kier alpha value is -3.02. The molecule has 1 aromatic heterocycles. The third kappa shape index (κ3) is 5.00. The molecule has 0 aliphatic carbocycles. The van der Waals surface area contributed by atoms with Crippen LogP contribution in [-0.4, -0.2) is 17.4 Å². The molecule has 0 saturated heterocycles. The minimum atomic E-state index is -4.43. The Kier molecular flexibility index (Phi) is 5.64. The van der Waals surface area contributed by atoms with Gasteiger partial charge >= 0.3 is 6.18 Å². The van der Waals surface area contributed by atoms with E-state index in [4.69, 9.17) is 4.42 Å². The molecule has 1 amide bonds. The smallest absolute Gasteiger partial charge is 0.416 e. The minimum absolute atomic E-state index is 0.211. The molecule has 0 radical (unpaired) electrons. The summed E-state index contributed by atoms with van der Waals surface area (Å²) in [7, 11) is 0. The Morgan fingerprint density at radius 1 is 0.926 bits per heavy atom. The van der Waals surface area contributed by atoms with Gasteiger partial charge in [-0.1, -0.05) is 30.3 Å². The van der Waals surface area contributed by atoms with Gasteiger partial charge in [-0.3, -0.25) is 4.79 Å². The first-order valence-electron chi connectivity index (χ1n) is 8.46. The summed E-state index contributed by atoms with van der Waals surface area (Å²) in [5.41, 5.74) is 0.505. The number of furan rings is 1. The van der Waals surface area contributed by atoms with E-state index in [0.717, 1.165) is 17.7 Å². The summed E-state index contributed by atoms with van der Waals surface area (Å²) in [6, 6.07) is 17.5. The molecule has 0 N–H and O–H groups in total. The molecule has 2 aromatic carbocycles. The summed E-state index contributed by atoms with van der Waals surface area (Å²) in [4.78, 5) is 14.4. The molecule has 0 atom stereocenters. The molecule has 0 bridgehead atoms. The van der Waals surface area contributed by atoms with Crippen molar-refractivity contribution in [3.8, 4) is 0 Å². The molecule has 0 saturated carbocycles. The van der Waals surface area contributed by atoms with Crippen LogP contribution in [0.5, 0.6) is 0 Å². The number of hydrogen-bond donors (Lipinski definition) is 0. The van der Waals surface area contributed by atoms with Crippen LogP contribution in [0.3, 0.4) is 0 Å². The van der Waals surface area contributed by atoms with Gasteiger partial charge in [-0.25, -0.2) is 0 Å². The fraction of sp³-hybridized carbons (Fsp3) is 0.190. The molecule has 3 nitrogen and oxygen atoms in total. The highest BCUT2D eigenvalue weighted by molar-refractivity contribution is 5.94. The highest BCUT2D eigenvalue weighted by atomic mass is 19.4. The van der Waals surface area contributed by atoms with Crippen LogP contribution in [0, 0.1) is 0 Å². The number of halogens is 3. The van der Waals surface area contributed by atoms with E-state index >= 15 is 0 Å². The van der Waals surface area contributed by atoms with Crippen LogP contribution in [-0.2, 0) is 19.1 Å². The topological polar surface area (TPSA) is 33.5 Å². The van der Waals surface area contributed by atoms with Gasteiger partial charge in [0.15, 0.2) is 0 Å². The number of rotatable bonds is 6. The molecular weight excluding hydrogens is 355 g/mol. The van der Waals surface area contributed by atoms with E-state index in [0.29, 0.717) is 18.7 Å². The van der Waals surface area contributed by atoms with Gasteiger partial charge in [0.05, 0.1) is 18.4 Å². The Balaban J connectivity index is 1.77. The Bertz CT molecular complexity index is 857. The van der Waals surface area contributed by atoms with Gasteiger partial charge in [0.2, 0.25) is 0 Å². The number of carbonyl (C=O) groups is 1. The van der Waals surface area contributed by atoms with Crippen molar-refractivity contribution in [2.75, 3.05) is 6.54 Å². The molecule has 1 heterocycles. The van der Waals surface area contributed by atoms with E-state index in [1.807, 2.05) is 30.3 Å². The highest BCUT2D eigenvalue weighted by Gasteiger charge is 2.30. The van der Waals surface area contributed by atoms with Gasteiger partial charge in [0.1, 0.15) is 5.76 Å².